The lowest BCUT2D eigenvalue weighted by Crippen LogP contribution is -2.14. The van der Waals surface area contributed by atoms with Crippen molar-refractivity contribution in [2.75, 3.05) is 11.3 Å². The van der Waals surface area contributed by atoms with Gasteiger partial charge in [0.05, 0.1) is 27.3 Å². The van der Waals surface area contributed by atoms with Crippen molar-refractivity contribution < 1.29 is 27.1 Å². The highest BCUT2D eigenvalue weighted by Gasteiger charge is 2.16. The van der Waals surface area contributed by atoms with Gasteiger partial charge in [-0.15, -0.1) is 0 Å². The van der Waals surface area contributed by atoms with Gasteiger partial charge in [-0.25, -0.2) is 17.6 Å². The summed E-state index contributed by atoms with van der Waals surface area (Å²) >= 11 is 1.23. The van der Waals surface area contributed by atoms with Crippen LogP contribution < -0.4 is 9.52 Å². The van der Waals surface area contributed by atoms with Crippen molar-refractivity contribution >= 4 is 49.1 Å². The number of hydrogen-bond donors (Lipinski definition) is 1. The van der Waals surface area contributed by atoms with Gasteiger partial charge in [0.2, 0.25) is 0 Å². The molecule has 0 fully saturated rings. The third kappa shape index (κ3) is 5.31. The molecule has 1 aromatic heterocycles. The summed E-state index contributed by atoms with van der Waals surface area (Å²) < 4.78 is 48.2. The average Bonchev–Trinajstić information content (AvgIpc) is 3.13. The maximum atomic E-state index is 13.1. The number of halogens is 1. The molecule has 0 aliphatic heterocycles. The smallest absolute Gasteiger partial charge is 0.338 e. The van der Waals surface area contributed by atoms with Crippen molar-refractivity contribution in [2.24, 2.45) is 12.0 Å². The monoisotopic (exact) mass is 513 g/mol. The predicted octanol–water partition coefficient (Wildman–Crippen LogP) is 4.10. The number of thiazole rings is 1. The van der Waals surface area contributed by atoms with Crippen LogP contribution in [-0.2, 0) is 21.8 Å². The zero-order valence-corrected chi connectivity index (χ0v) is 20.3. The summed E-state index contributed by atoms with van der Waals surface area (Å²) in [5.74, 6) is -1.55. The van der Waals surface area contributed by atoms with Gasteiger partial charge in [0.25, 0.3) is 15.9 Å². The molecule has 0 spiro atoms. The Morgan fingerprint density at radius 2 is 1.80 bits per heavy atom. The van der Waals surface area contributed by atoms with Crippen molar-refractivity contribution in [1.82, 2.24) is 4.57 Å². The molecule has 1 heterocycles. The van der Waals surface area contributed by atoms with Crippen LogP contribution in [0, 0.1) is 5.82 Å². The first-order valence-electron chi connectivity index (χ1n) is 10.4. The number of amides is 1. The van der Waals surface area contributed by atoms with Crippen molar-refractivity contribution in [2.45, 2.75) is 11.8 Å². The lowest BCUT2D eigenvalue weighted by atomic mass is 10.2. The molecule has 0 unspecified atom stereocenters. The molecule has 0 aliphatic rings. The van der Waals surface area contributed by atoms with E-state index in [0.29, 0.717) is 10.4 Å². The van der Waals surface area contributed by atoms with Crippen molar-refractivity contribution in [3.8, 4) is 0 Å². The van der Waals surface area contributed by atoms with E-state index in [0.717, 1.165) is 34.5 Å². The van der Waals surface area contributed by atoms with E-state index in [9.17, 15) is 22.4 Å². The number of nitrogens with one attached hydrogen (secondary N) is 1. The largest absolute Gasteiger partial charge is 0.462 e. The topological polar surface area (TPSA) is 107 Å². The number of aromatic nitrogens is 1. The number of esters is 1. The molecule has 0 radical (unpaired) electrons. The van der Waals surface area contributed by atoms with Gasteiger partial charge in [-0.3, -0.25) is 9.52 Å². The van der Waals surface area contributed by atoms with Gasteiger partial charge in [-0.05, 0) is 67.6 Å². The molecule has 3 aromatic carbocycles. The Morgan fingerprint density at radius 3 is 2.51 bits per heavy atom. The first kappa shape index (κ1) is 24.3. The van der Waals surface area contributed by atoms with Crippen LogP contribution in [0.3, 0.4) is 0 Å². The van der Waals surface area contributed by atoms with Gasteiger partial charge in [0, 0.05) is 18.3 Å². The van der Waals surface area contributed by atoms with Gasteiger partial charge in [0.1, 0.15) is 5.82 Å². The van der Waals surface area contributed by atoms with E-state index in [1.54, 1.807) is 36.7 Å². The molecule has 4 rings (SSSR count). The van der Waals surface area contributed by atoms with E-state index in [2.05, 4.69) is 9.71 Å². The molecular formula is C24H20FN3O5S2. The summed E-state index contributed by atoms with van der Waals surface area (Å²) in [6.07, 6.45) is 0. The SMILES string of the molecule is CCOC(=O)c1ccc2c(c1)sc(=NC(=O)c1cccc(NS(=O)(=O)c3ccc(F)cc3)c1)n2C. The molecule has 1 amide bonds. The third-order valence-corrected chi connectivity index (χ3v) is 7.50. The van der Waals surface area contributed by atoms with E-state index in [1.165, 1.54) is 35.6 Å². The third-order valence-electron chi connectivity index (χ3n) is 5.00. The van der Waals surface area contributed by atoms with Crippen LogP contribution in [0.4, 0.5) is 10.1 Å². The zero-order chi connectivity index (χ0) is 25.2. The summed E-state index contributed by atoms with van der Waals surface area (Å²) in [7, 11) is -2.22. The first-order chi connectivity index (χ1) is 16.7. The second-order valence-corrected chi connectivity index (χ2v) is 10.1. The molecule has 0 saturated carbocycles. The second kappa shape index (κ2) is 9.80. The van der Waals surface area contributed by atoms with Crippen molar-refractivity contribution in [3.63, 3.8) is 0 Å². The second-order valence-electron chi connectivity index (χ2n) is 7.40. The van der Waals surface area contributed by atoms with E-state index >= 15 is 0 Å². The summed E-state index contributed by atoms with van der Waals surface area (Å²) in [5.41, 5.74) is 1.53. The Kier molecular flexibility index (Phi) is 6.81. The summed E-state index contributed by atoms with van der Waals surface area (Å²) in [6.45, 7) is 2.00. The van der Waals surface area contributed by atoms with Gasteiger partial charge >= 0.3 is 5.97 Å². The van der Waals surface area contributed by atoms with E-state index < -0.39 is 27.7 Å². The molecule has 1 N–H and O–H groups in total. The number of sulfonamides is 1. The number of fused-ring (bicyclic) bond motifs is 1. The highest BCUT2D eigenvalue weighted by Crippen LogP contribution is 2.20. The van der Waals surface area contributed by atoms with Crippen LogP contribution in [0.5, 0.6) is 0 Å². The lowest BCUT2D eigenvalue weighted by Gasteiger charge is -2.08. The van der Waals surface area contributed by atoms with E-state index in [-0.39, 0.29) is 22.8 Å². The highest BCUT2D eigenvalue weighted by molar-refractivity contribution is 7.92. The minimum Gasteiger partial charge on any atom is -0.462 e. The number of carbonyl (C=O) groups is 2. The number of nitrogens with zero attached hydrogens (tertiary/aromatic N) is 2. The lowest BCUT2D eigenvalue weighted by molar-refractivity contribution is 0.0526. The summed E-state index contributed by atoms with van der Waals surface area (Å²) in [4.78, 5) is 29.4. The van der Waals surface area contributed by atoms with Gasteiger partial charge in [-0.2, -0.15) is 4.99 Å². The van der Waals surface area contributed by atoms with Crippen molar-refractivity contribution in [1.29, 1.82) is 0 Å². The average molecular weight is 514 g/mol. The Balaban J connectivity index is 1.62. The minimum absolute atomic E-state index is 0.111. The molecule has 180 valence electrons. The Hall–Kier alpha value is -3.83. The number of anilines is 1. The van der Waals surface area contributed by atoms with Crippen LogP contribution in [0.1, 0.15) is 27.6 Å². The van der Waals surface area contributed by atoms with Gasteiger partial charge in [0.15, 0.2) is 4.80 Å². The van der Waals surface area contributed by atoms with E-state index in [4.69, 9.17) is 4.74 Å². The fourth-order valence-corrected chi connectivity index (χ4v) is 5.38. The number of carbonyl (C=O) groups excluding carboxylic acids is 2. The van der Waals surface area contributed by atoms with Gasteiger partial charge < -0.3 is 9.30 Å². The molecule has 8 nitrogen and oxygen atoms in total. The molecule has 0 bridgehead atoms. The highest BCUT2D eigenvalue weighted by atomic mass is 32.2. The Labute approximate surface area is 204 Å². The maximum absolute atomic E-state index is 13.1. The quantitative estimate of drug-likeness (QED) is 0.391. The van der Waals surface area contributed by atoms with Crippen LogP contribution in [0.25, 0.3) is 10.2 Å². The van der Waals surface area contributed by atoms with Crippen LogP contribution in [-0.4, -0.2) is 31.5 Å². The fraction of sp³-hybridized carbons (Fsp3) is 0.125. The molecule has 11 heteroatoms. The summed E-state index contributed by atoms with van der Waals surface area (Å²) in [5, 5.41) is 0. The molecule has 0 atom stereocenters. The van der Waals surface area contributed by atoms with Crippen LogP contribution >= 0.6 is 11.3 Å². The fourth-order valence-electron chi connectivity index (χ4n) is 3.28. The maximum Gasteiger partial charge on any atom is 0.338 e. The molecule has 0 aliphatic carbocycles. The number of aryl methyl sites for hydroxylation is 1. The molecular weight excluding hydrogens is 493 g/mol. The number of hydrogen-bond acceptors (Lipinski definition) is 6. The molecule has 35 heavy (non-hydrogen) atoms. The van der Waals surface area contributed by atoms with Crippen molar-refractivity contribution in [3.05, 3.63) is 88.5 Å². The molecule has 4 aromatic rings. The predicted molar refractivity (Wildman–Crippen MR) is 130 cm³/mol. The molecule has 0 saturated heterocycles. The van der Waals surface area contributed by atoms with E-state index in [1.807, 2.05) is 0 Å². The van der Waals surface area contributed by atoms with Gasteiger partial charge in [-0.1, -0.05) is 17.4 Å². The Morgan fingerprint density at radius 1 is 1.06 bits per heavy atom. The summed E-state index contributed by atoms with van der Waals surface area (Å²) in [6, 6.07) is 15.4. The Bertz CT molecular complexity index is 1610. The first-order valence-corrected chi connectivity index (χ1v) is 12.7. The zero-order valence-electron chi connectivity index (χ0n) is 18.7. The normalized spacial score (nSPS) is 12.0. The minimum atomic E-state index is -3.97. The number of ether oxygens (including phenoxy) is 1. The standard InChI is InChI=1S/C24H20FN3O5S2/c1-3-33-23(30)16-7-12-20-21(14-16)34-24(28(20)2)26-22(29)15-5-4-6-18(13-15)27-35(31,32)19-10-8-17(25)9-11-19/h4-14,27H,3H2,1-2H3. The number of benzene rings is 3. The number of rotatable bonds is 6. The van der Waals surface area contributed by atoms with Crippen LogP contribution in [0.2, 0.25) is 0 Å². The van der Waals surface area contributed by atoms with Crippen LogP contribution in [0.15, 0.2) is 76.6 Å².